The molecule has 0 amide bonds. The molecule has 0 radical (unpaired) electrons. The zero-order valence-corrected chi connectivity index (χ0v) is 16.0. The van der Waals surface area contributed by atoms with E-state index in [1.165, 1.54) is 11.3 Å². The topological polar surface area (TPSA) is 99.4 Å². The van der Waals surface area contributed by atoms with Crippen molar-refractivity contribution >= 4 is 23.3 Å². The van der Waals surface area contributed by atoms with Crippen LogP contribution in [-0.4, -0.2) is 23.7 Å². The molecule has 0 saturated heterocycles. The number of carbonyl (C=O) groups excluding carboxylic acids is 1. The number of hydrogen-bond donors (Lipinski definition) is 2. The first kappa shape index (κ1) is 19.7. The molecule has 0 aliphatic carbocycles. The molecule has 2 N–H and O–H groups in total. The van der Waals surface area contributed by atoms with E-state index in [4.69, 9.17) is 4.74 Å². The second-order valence-electron chi connectivity index (χ2n) is 6.53. The molecule has 138 valence electrons. The lowest BCUT2D eigenvalue weighted by atomic mass is 9.84. The number of dihydropyridines is 1. The number of aliphatic carboxylic acids is 1. The van der Waals surface area contributed by atoms with Gasteiger partial charge in [-0.3, -0.25) is 0 Å². The lowest BCUT2D eigenvalue weighted by Gasteiger charge is -2.29. The van der Waals surface area contributed by atoms with Crippen molar-refractivity contribution in [2.75, 3.05) is 6.61 Å². The Kier molecular flexibility index (Phi) is 6.22. The number of esters is 1. The molecular weight excluding hydrogens is 352 g/mol. The number of ether oxygens (including phenoxy) is 1. The average Bonchev–Trinajstić information content (AvgIpc) is 3.07. The monoisotopic (exact) mass is 374 g/mol. The Morgan fingerprint density at radius 1 is 1.35 bits per heavy atom. The first-order valence-corrected chi connectivity index (χ1v) is 9.17. The Morgan fingerprint density at radius 2 is 2.00 bits per heavy atom. The summed E-state index contributed by atoms with van der Waals surface area (Å²) in [6, 6.07) is 5.76. The van der Waals surface area contributed by atoms with Crippen LogP contribution in [-0.2, 0) is 14.3 Å². The zero-order valence-electron chi connectivity index (χ0n) is 15.2. The second-order valence-corrected chi connectivity index (χ2v) is 7.51. The molecule has 1 aliphatic heterocycles. The van der Waals surface area contributed by atoms with Gasteiger partial charge in [0.05, 0.1) is 29.1 Å². The number of carboxylic acids is 1. The molecule has 2 atom stereocenters. The van der Waals surface area contributed by atoms with Crippen LogP contribution in [0.2, 0.25) is 0 Å². The van der Waals surface area contributed by atoms with E-state index in [0.717, 1.165) is 4.88 Å². The highest BCUT2D eigenvalue weighted by Crippen LogP contribution is 2.40. The van der Waals surface area contributed by atoms with E-state index in [2.05, 4.69) is 11.4 Å². The van der Waals surface area contributed by atoms with Gasteiger partial charge in [-0.25, -0.2) is 9.59 Å². The summed E-state index contributed by atoms with van der Waals surface area (Å²) in [5.74, 6) is -2.73. The molecule has 1 aromatic rings. The largest absolute Gasteiger partial charge is 0.478 e. The summed E-state index contributed by atoms with van der Waals surface area (Å²) in [6.07, 6.45) is 0. The molecule has 0 saturated carbocycles. The van der Waals surface area contributed by atoms with Crippen LogP contribution in [0, 0.1) is 23.2 Å². The molecule has 7 heteroatoms. The first-order valence-electron chi connectivity index (χ1n) is 8.29. The third kappa shape index (κ3) is 3.97. The van der Waals surface area contributed by atoms with Crippen LogP contribution < -0.4 is 5.32 Å². The lowest BCUT2D eigenvalue weighted by Crippen LogP contribution is -2.32. The molecule has 2 rings (SSSR count). The van der Waals surface area contributed by atoms with E-state index >= 15 is 0 Å². The maximum atomic E-state index is 12.8. The van der Waals surface area contributed by atoms with Gasteiger partial charge in [-0.15, -0.1) is 11.3 Å². The van der Waals surface area contributed by atoms with Crippen molar-refractivity contribution in [2.45, 2.75) is 33.6 Å². The molecule has 1 aromatic heterocycles. The third-order valence-corrected chi connectivity index (χ3v) is 5.34. The van der Waals surface area contributed by atoms with Crippen LogP contribution in [0.5, 0.6) is 0 Å². The third-order valence-electron chi connectivity index (χ3n) is 4.40. The smallest absolute Gasteiger partial charge is 0.336 e. The number of nitrogens with zero attached hydrogens (tertiary/aromatic N) is 1. The average molecular weight is 374 g/mol. The SMILES string of the molecule is CC1=C(C(=O)O)C(c2cccs2)C(C(=O)OCC(C#N)C(C)C)=C(C)N1. The van der Waals surface area contributed by atoms with Crippen molar-refractivity contribution in [2.24, 2.45) is 11.8 Å². The Hall–Kier alpha value is -2.59. The summed E-state index contributed by atoms with van der Waals surface area (Å²) in [6.45, 7) is 7.16. The highest BCUT2D eigenvalue weighted by molar-refractivity contribution is 7.10. The van der Waals surface area contributed by atoms with Crippen molar-refractivity contribution in [3.05, 3.63) is 44.9 Å². The van der Waals surface area contributed by atoms with Gasteiger partial charge in [0, 0.05) is 16.3 Å². The van der Waals surface area contributed by atoms with Gasteiger partial charge < -0.3 is 15.2 Å². The number of carboxylic acid groups (broad SMARTS) is 1. The van der Waals surface area contributed by atoms with Crippen LogP contribution in [0.4, 0.5) is 0 Å². The molecule has 0 aromatic carbocycles. The number of carbonyl (C=O) groups is 2. The number of thiophene rings is 1. The van der Waals surface area contributed by atoms with Crippen molar-refractivity contribution in [1.29, 1.82) is 5.26 Å². The van der Waals surface area contributed by atoms with Crippen molar-refractivity contribution in [1.82, 2.24) is 5.32 Å². The minimum atomic E-state index is -1.08. The van der Waals surface area contributed by atoms with E-state index in [0.29, 0.717) is 11.4 Å². The first-order chi connectivity index (χ1) is 12.3. The molecular formula is C19H22N2O4S. The summed E-state index contributed by atoms with van der Waals surface area (Å²) < 4.78 is 5.39. The Morgan fingerprint density at radius 3 is 2.50 bits per heavy atom. The van der Waals surface area contributed by atoms with Crippen LogP contribution in [0.3, 0.4) is 0 Å². The summed E-state index contributed by atoms with van der Waals surface area (Å²) in [5.41, 5.74) is 1.47. The summed E-state index contributed by atoms with van der Waals surface area (Å²) in [4.78, 5) is 25.4. The van der Waals surface area contributed by atoms with E-state index < -0.39 is 23.8 Å². The van der Waals surface area contributed by atoms with Crippen LogP contribution in [0.15, 0.2) is 40.1 Å². The molecule has 6 nitrogen and oxygen atoms in total. The van der Waals surface area contributed by atoms with Gasteiger partial charge in [-0.05, 0) is 31.2 Å². The van der Waals surface area contributed by atoms with Crippen LogP contribution in [0.1, 0.15) is 38.5 Å². The number of nitriles is 1. The van der Waals surface area contributed by atoms with Crippen LogP contribution in [0.25, 0.3) is 0 Å². The van der Waals surface area contributed by atoms with Gasteiger partial charge in [0.1, 0.15) is 6.61 Å². The predicted octanol–water partition coefficient (Wildman–Crippen LogP) is 3.41. The fourth-order valence-electron chi connectivity index (χ4n) is 2.91. The van der Waals surface area contributed by atoms with Gasteiger partial charge in [0.2, 0.25) is 0 Å². The second kappa shape index (κ2) is 8.19. The molecule has 2 heterocycles. The zero-order chi connectivity index (χ0) is 19.4. The fraction of sp³-hybridized carbons (Fsp3) is 0.421. The van der Waals surface area contributed by atoms with Gasteiger partial charge in [0.15, 0.2) is 0 Å². The van der Waals surface area contributed by atoms with E-state index in [-0.39, 0.29) is 23.7 Å². The van der Waals surface area contributed by atoms with Crippen molar-refractivity contribution in [3.63, 3.8) is 0 Å². The van der Waals surface area contributed by atoms with Crippen molar-refractivity contribution in [3.8, 4) is 6.07 Å². The number of hydrogen-bond acceptors (Lipinski definition) is 6. The minimum absolute atomic E-state index is 0.0218. The number of allylic oxidation sites excluding steroid dienone is 2. The van der Waals surface area contributed by atoms with Crippen molar-refractivity contribution < 1.29 is 19.4 Å². The predicted molar refractivity (Wildman–Crippen MR) is 98.1 cm³/mol. The standard InChI is InChI=1S/C19H22N2O4S/c1-10(2)13(8-20)9-25-19(24)16-12(4)21-11(3)15(18(22)23)17(16)14-6-5-7-26-14/h5-7,10,13,17,21H,9H2,1-4H3,(H,22,23). The summed E-state index contributed by atoms with van der Waals surface area (Å²) in [7, 11) is 0. The highest BCUT2D eigenvalue weighted by atomic mass is 32.1. The van der Waals surface area contributed by atoms with Gasteiger partial charge in [0.25, 0.3) is 0 Å². The highest BCUT2D eigenvalue weighted by Gasteiger charge is 2.38. The van der Waals surface area contributed by atoms with Gasteiger partial charge in [-0.2, -0.15) is 5.26 Å². The molecule has 0 bridgehead atoms. The Bertz CT molecular complexity index is 800. The van der Waals surface area contributed by atoms with E-state index in [9.17, 15) is 20.0 Å². The summed E-state index contributed by atoms with van der Waals surface area (Å²) >= 11 is 1.39. The summed E-state index contributed by atoms with van der Waals surface area (Å²) in [5, 5.41) is 23.7. The lowest BCUT2D eigenvalue weighted by molar-refractivity contribution is -0.140. The molecule has 2 unspecified atom stereocenters. The van der Waals surface area contributed by atoms with Gasteiger partial charge in [-0.1, -0.05) is 19.9 Å². The minimum Gasteiger partial charge on any atom is -0.478 e. The number of nitrogens with one attached hydrogen (secondary N) is 1. The number of rotatable bonds is 6. The Balaban J connectivity index is 2.38. The van der Waals surface area contributed by atoms with E-state index in [1.54, 1.807) is 13.8 Å². The molecule has 0 spiro atoms. The maximum absolute atomic E-state index is 12.8. The van der Waals surface area contributed by atoms with E-state index in [1.807, 2.05) is 31.4 Å². The molecule has 0 fully saturated rings. The van der Waals surface area contributed by atoms with Gasteiger partial charge >= 0.3 is 11.9 Å². The molecule has 26 heavy (non-hydrogen) atoms. The quantitative estimate of drug-likeness (QED) is 0.740. The normalized spacial score (nSPS) is 18.4. The Labute approximate surface area is 156 Å². The maximum Gasteiger partial charge on any atom is 0.336 e. The fourth-order valence-corrected chi connectivity index (χ4v) is 3.75. The molecule has 1 aliphatic rings. The van der Waals surface area contributed by atoms with Crippen LogP contribution >= 0.6 is 11.3 Å².